The van der Waals surface area contributed by atoms with E-state index in [1.54, 1.807) is 6.08 Å². The molecule has 0 unspecified atom stereocenters. The van der Waals surface area contributed by atoms with Crippen molar-refractivity contribution >= 4 is 11.9 Å². The minimum absolute atomic E-state index is 0.124. The highest BCUT2D eigenvalue weighted by molar-refractivity contribution is 5.81. The summed E-state index contributed by atoms with van der Waals surface area (Å²) in [5.41, 5.74) is 0. The van der Waals surface area contributed by atoms with Gasteiger partial charge in [-0.2, -0.15) is 0 Å². The molecule has 0 radical (unpaired) electrons. The Morgan fingerprint density at radius 1 is 1.50 bits per heavy atom. The summed E-state index contributed by atoms with van der Waals surface area (Å²) < 4.78 is 4.37. The van der Waals surface area contributed by atoms with Crippen LogP contribution >= 0.6 is 0 Å². The first-order valence-corrected chi connectivity index (χ1v) is 3.65. The van der Waals surface area contributed by atoms with Crippen molar-refractivity contribution in [2.45, 2.75) is 12.8 Å². The van der Waals surface area contributed by atoms with Crippen LogP contribution in [-0.2, 0) is 14.3 Å². The molecule has 12 heavy (non-hydrogen) atoms. The molecule has 0 aliphatic rings. The third kappa shape index (κ3) is 5.46. The Morgan fingerprint density at radius 3 is 2.67 bits per heavy atom. The van der Waals surface area contributed by atoms with E-state index in [-0.39, 0.29) is 24.7 Å². The van der Waals surface area contributed by atoms with Gasteiger partial charge in [0.15, 0.2) is 0 Å². The van der Waals surface area contributed by atoms with Crippen LogP contribution in [0.25, 0.3) is 0 Å². The molecule has 0 saturated carbocycles. The zero-order chi connectivity index (χ0) is 9.40. The lowest BCUT2D eigenvalue weighted by Crippen LogP contribution is -2.23. The lowest BCUT2D eigenvalue weighted by Gasteiger charge is -2.00. The number of hydrogen-bond acceptors (Lipinski definition) is 3. The number of carbonyl (C=O) groups is 2. The van der Waals surface area contributed by atoms with Gasteiger partial charge in [-0.3, -0.25) is 9.59 Å². The molecule has 0 aromatic heterocycles. The van der Waals surface area contributed by atoms with E-state index in [1.165, 1.54) is 7.11 Å². The molecular formula is C8H13NO3. The zero-order valence-corrected chi connectivity index (χ0v) is 7.13. The van der Waals surface area contributed by atoms with Crippen LogP contribution in [0.15, 0.2) is 12.7 Å². The van der Waals surface area contributed by atoms with Crippen LogP contribution in [0.1, 0.15) is 12.8 Å². The largest absolute Gasteiger partial charge is 0.469 e. The standard InChI is InChI=1S/C8H13NO3/c1-3-6-9-7(10)4-5-8(11)12-2/h3H,1,4-6H2,2H3,(H,9,10). The van der Waals surface area contributed by atoms with Crippen LogP contribution < -0.4 is 5.32 Å². The van der Waals surface area contributed by atoms with Crippen LogP contribution in [-0.4, -0.2) is 25.5 Å². The van der Waals surface area contributed by atoms with Crippen LogP contribution in [0, 0.1) is 0 Å². The number of amides is 1. The van der Waals surface area contributed by atoms with Gasteiger partial charge in [-0.25, -0.2) is 0 Å². The maximum atomic E-state index is 10.9. The summed E-state index contributed by atoms with van der Waals surface area (Å²) in [6.45, 7) is 3.87. The van der Waals surface area contributed by atoms with Gasteiger partial charge in [-0.15, -0.1) is 6.58 Å². The molecule has 0 heterocycles. The van der Waals surface area contributed by atoms with E-state index in [9.17, 15) is 9.59 Å². The topological polar surface area (TPSA) is 55.4 Å². The maximum Gasteiger partial charge on any atom is 0.306 e. The van der Waals surface area contributed by atoms with Gasteiger partial charge in [0.2, 0.25) is 5.91 Å². The fourth-order valence-corrected chi connectivity index (χ4v) is 0.592. The van der Waals surface area contributed by atoms with E-state index in [0.29, 0.717) is 6.54 Å². The fourth-order valence-electron chi connectivity index (χ4n) is 0.592. The summed E-state index contributed by atoms with van der Waals surface area (Å²) in [5.74, 6) is -0.538. The van der Waals surface area contributed by atoms with Gasteiger partial charge >= 0.3 is 5.97 Å². The number of esters is 1. The van der Waals surface area contributed by atoms with Crippen molar-refractivity contribution in [2.24, 2.45) is 0 Å². The predicted octanol–water partition coefficient (Wildman–Crippen LogP) is 0.242. The minimum atomic E-state index is -0.372. The highest BCUT2D eigenvalue weighted by Crippen LogP contribution is 1.90. The summed E-state index contributed by atoms with van der Waals surface area (Å²) >= 11 is 0. The molecule has 0 saturated heterocycles. The van der Waals surface area contributed by atoms with E-state index in [2.05, 4.69) is 16.6 Å². The first-order valence-electron chi connectivity index (χ1n) is 3.65. The zero-order valence-electron chi connectivity index (χ0n) is 7.13. The summed E-state index contributed by atoms with van der Waals surface area (Å²) in [6, 6.07) is 0. The Labute approximate surface area is 71.6 Å². The summed E-state index contributed by atoms with van der Waals surface area (Å²) in [5, 5.41) is 2.55. The Kier molecular flexibility index (Phi) is 5.69. The minimum Gasteiger partial charge on any atom is -0.469 e. The maximum absolute atomic E-state index is 10.9. The number of nitrogens with one attached hydrogen (secondary N) is 1. The molecule has 1 amide bonds. The second kappa shape index (κ2) is 6.39. The first-order chi connectivity index (χ1) is 5.70. The van der Waals surface area contributed by atoms with Crippen LogP contribution in [0.4, 0.5) is 0 Å². The fraction of sp³-hybridized carbons (Fsp3) is 0.500. The van der Waals surface area contributed by atoms with Crippen LogP contribution in [0.5, 0.6) is 0 Å². The first kappa shape index (κ1) is 10.7. The predicted molar refractivity (Wildman–Crippen MR) is 44.5 cm³/mol. The Morgan fingerprint density at radius 2 is 2.17 bits per heavy atom. The number of rotatable bonds is 5. The van der Waals surface area contributed by atoms with Crippen molar-refractivity contribution in [2.75, 3.05) is 13.7 Å². The SMILES string of the molecule is C=CCNC(=O)CCC(=O)OC. The molecule has 1 N–H and O–H groups in total. The summed E-state index contributed by atoms with van der Waals surface area (Å²) in [7, 11) is 1.30. The van der Waals surface area contributed by atoms with Crippen LogP contribution in [0.3, 0.4) is 0 Å². The van der Waals surface area contributed by atoms with Gasteiger partial charge in [0.25, 0.3) is 0 Å². The number of methoxy groups -OCH3 is 1. The van der Waals surface area contributed by atoms with Gasteiger partial charge in [0.1, 0.15) is 0 Å². The normalized spacial score (nSPS) is 8.75. The van der Waals surface area contributed by atoms with E-state index >= 15 is 0 Å². The second-order valence-electron chi connectivity index (χ2n) is 2.17. The highest BCUT2D eigenvalue weighted by atomic mass is 16.5. The van der Waals surface area contributed by atoms with Gasteiger partial charge < -0.3 is 10.1 Å². The highest BCUT2D eigenvalue weighted by Gasteiger charge is 2.04. The Balaban J connectivity index is 3.43. The summed E-state index contributed by atoms with van der Waals surface area (Å²) in [4.78, 5) is 21.4. The molecule has 4 heteroatoms. The molecule has 0 bridgehead atoms. The number of ether oxygens (including phenoxy) is 1. The summed E-state index contributed by atoms with van der Waals surface area (Å²) in [6.07, 6.45) is 1.87. The van der Waals surface area contributed by atoms with Gasteiger partial charge in [-0.05, 0) is 0 Å². The quantitative estimate of drug-likeness (QED) is 0.476. The van der Waals surface area contributed by atoms with Gasteiger partial charge in [0.05, 0.1) is 13.5 Å². The Hall–Kier alpha value is -1.32. The lowest BCUT2D eigenvalue weighted by molar-refractivity contribution is -0.142. The van der Waals surface area contributed by atoms with Gasteiger partial charge in [0, 0.05) is 13.0 Å². The third-order valence-electron chi connectivity index (χ3n) is 1.23. The molecule has 0 aromatic carbocycles. The number of hydrogen-bond donors (Lipinski definition) is 1. The molecule has 0 fully saturated rings. The van der Waals surface area contributed by atoms with Crippen molar-refractivity contribution in [1.29, 1.82) is 0 Å². The van der Waals surface area contributed by atoms with Crippen molar-refractivity contribution in [3.05, 3.63) is 12.7 Å². The lowest BCUT2D eigenvalue weighted by atomic mass is 10.3. The van der Waals surface area contributed by atoms with E-state index < -0.39 is 0 Å². The van der Waals surface area contributed by atoms with E-state index in [1.807, 2.05) is 0 Å². The van der Waals surface area contributed by atoms with E-state index in [4.69, 9.17) is 0 Å². The molecule has 4 nitrogen and oxygen atoms in total. The average Bonchev–Trinajstić information content (AvgIpc) is 2.10. The Bertz CT molecular complexity index is 177. The molecule has 0 rings (SSSR count). The molecule has 0 aromatic rings. The van der Waals surface area contributed by atoms with E-state index in [0.717, 1.165) is 0 Å². The average molecular weight is 171 g/mol. The van der Waals surface area contributed by atoms with Crippen molar-refractivity contribution in [1.82, 2.24) is 5.32 Å². The van der Waals surface area contributed by atoms with Gasteiger partial charge in [-0.1, -0.05) is 6.08 Å². The van der Waals surface area contributed by atoms with Crippen molar-refractivity contribution in [3.8, 4) is 0 Å². The molecular weight excluding hydrogens is 158 g/mol. The molecule has 0 spiro atoms. The molecule has 0 atom stereocenters. The molecule has 0 aliphatic heterocycles. The molecule has 0 aliphatic carbocycles. The monoisotopic (exact) mass is 171 g/mol. The number of carbonyl (C=O) groups excluding carboxylic acids is 2. The third-order valence-corrected chi connectivity index (χ3v) is 1.23. The second-order valence-corrected chi connectivity index (χ2v) is 2.17. The molecule has 68 valence electrons. The smallest absolute Gasteiger partial charge is 0.306 e. The van der Waals surface area contributed by atoms with Crippen molar-refractivity contribution in [3.63, 3.8) is 0 Å². The van der Waals surface area contributed by atoms with Crippen molar-refractivity contribution < 1.29 is 14.3 Å². The van der Waals surface area contributed by atoms with Crippen LogP contribution in [0.2, 0.25) is 0 Å².